The molecule has 39 heteroatoms. The van der Waals surface area contributed by atoms with Crippen molar-refractivity contribution in [3.63, 3.8) is 0 Å². The average Bonchev–Trinajstić information content (AvgIpc) is 0.825. The fourth-order valence-electron chi connectivity index (χ4n) is 12.3. The molecule has 4 amide bonds. The van der Waals surface area contributed by atoms with E-state index in [0.29, 0.717) is 32.6 Å². The Balaban J connectivity index is 1.24. The molecular formula is C72H138N8O31. The van der Waals surface area contributed by atoms with Crippen LogP contribution in [0.1, 0.15) is 129 Å². The minimum atomic E-state index is -1.36. The third-order valence-electron chi connectivity index (χ3n) is 18.7. The summed E-state index contributed by atoms with van der Waals surface area (Å²) in [5.74, 6) is -1.52. The predicted octanol–water partition coefficient (Wildman–Crippen LogP) is -5.23. The minimum absolute atomic E-state index is 0.00856. The molecule has 0 aromatic rings. The predicted molar refractivity (Wildman–Crippen MR) is 394 cm³/mol. The van der Waals surface area contributed by atoms with E-state index in [1.807, 2.05) is 0 Å². The lowest BCUT2D eigenvalue weighted by Crippen LogP contribution is -2.62. The van der Waals surface area contributed by atoms with Gasteiger partial charge in [0.05, 0.1) is 183 Å². The molecule has 3 aliphatic heterocycles. The van der Waals surface area contributed by atoms with Gasteiger partial charge in [0.15, 0.2) is 24.7 Å². The van der Waals surface area contributed by atoms with Crippen LogP contribution < -0.4 is 43.8 Å². The zero-order valence-corrected chi connectivity index (χ0v) is 65.2. The third kappa shape index (κ3) is 42.0. The number of rotatable bonds is 68. The van der Waals surface area contributed by atoms with Crippen LogP contribution in [0.5, 0.6) is 0 Å². The highest BCUT2D eigenvalue weighted by atomic mass is 16.7. The summed E-state index contributed by atoms with van der Waals surface area (Å²) >= 11 is 0. The van der Waals surface area contributed by atoms with Gasteiger partial charge in [-0.3, -0.25) is 24.5 Å². The van der Waals surface area contributed by atoms with Crippen molar-refractivity contribution in [1.82, 2.24) is 26.6 Å². The van der Waals surface area contributed by atoms with E-state index in [0.717, 1.165) is 77.0 Å². The van der Waals surface area contributed by atoms with Crippen LogP contribution >= 0.6 is 0 Å². The Labute approximate surface area is 652 Å². The molecule has 3 saturated heterocycles. The van der Waals surface area contributed by atoms with Crippen molar-refractivity contribution in [3.8, 4) is 0 Å². The Morgan fingerprint density at radius 2 is 0.748 bits per heavy atom. The van der Waals surface area contributed by atoms with Crippen molar-refractivity contribution in [1.29, 1.82) is 0 Å². The van der Waals surface area contributed by atoms with Gasteiger partial charge < -0.3 is 170 Å². The highest BCUT2D eigenvalue weighted by Gasteiger charge is 2.46. The second kappa shape index (κ2) is 61.0. The van der Waals surface area contributed by atoms with Crippen LogP contribution in [-0.4, -0.2) is 382 Å². The van der Waals surface area contributed by atoms with Gasteiger partial charge in [0.2, 0.25) is 23.6 Å². The maximum absolute atomic E-state index is 14.0. The van der Waals surface area contributed by atoms with Crippen LogP contribution in [0, 0.1) is 0 Å². The zero-order valence-electron chi connectivity index (χ0n) is 65.2. The molecule has 4 rings (SSSR count). The van der Waals surface area contributed by atoms with Crippen LogP contribution in [0.15, 0.2) is 0 Å². The number of ether oxygens (including phenoxy) is 17. The number of nitrogens with two attached hydrogens (primary N) is 3. The first-order valence-corrected chi connectivity index (χ1v) is 39.7. The van der Waals surface area contributed by atoms with Gasteiger partial charge in [0.25, 0.3) is 0 Å². The Hall–Kier alpha value is -3.36. The van der Waals surface area contributed by atoms with Gasteiger partial charge >= 0.3 is 0 Å². The van der Waals surface area contributed by atoms with Gasteiger partial charge in [0, 0.05) is 77.7 Å². The summed E-state index contributed by atoms with van der Waals surface area (Å²) < 4.78 is 97.1. The molecule has 0 bridgehead atoms. The molecule has 0 radical (unpaired) electrons. The van der Waals surface area contributed by atoms with Gasteiger partial charge in [0.1, 0.15) is 66.7 Å². The van der Waals surface area contributed by atoms with Crippen LogP contribution in [0.4, 0.5) is 0 Å². The average molecular weight is 1610 g/mol. The summed E-state index contributed by atoms with van der Waals surface area (Å²) in [6.07, 6.45) is -1.96. The number of carbonyl (C=O) groups excluding carboxylic acids is 4. The molecule has 16 atom stereocenters. The maximum atomic E-state index is 14.0. The fourth-order valence-corrected chi connectivity index (χ4v) is 12.3. The standard InChI is InChI=1S/C72H138N8O31/c1-2-25-107-72(19-12-9-13-20-72)108-32-24-79-54(84)14-10-7-5-3-4-6-8-11-15-58(88)80-71(48-101-26-16-55(85)76-21-29-95-33-36-98-39-42-104-68-59(73)65(92)62(89)51(45-81)109-68,49-102-27-17-56(86)77-22-30-96-34-37-99-40-43-105-69-60(74)66(93)63(90)52(46-82)110-69)50-103-28-18-57(87)78-23-31-97-35-38-100-41-44-106-70-61(75)67(94)64(91)53(47-83)111-70/h51-53,55,59-70,76,81-83,85,89-94H,2-50,73-75H2,1H3,(H,77,86)(H,78,87)(H,79,84)(H,80,88). The van der Waals surface area contributed by atoms with E-state index >= 15 is 0 Å². The van der Waals surface area contributed by atoms with E-state index in [4.69, 9.17) is 97.7 Å². The molecule has 4 aliphatic rings. The van der Waals surface area contributed by atoms with Crippen molar-refractivity contribution >= 4 is 23.6 Å². The van der Waals surface area contributed by atoms with E-state index in [-0.39, 0.29) is 208 Å². The molecule has 652 valence electrons. The summed E-state index contributed by atoms with van der Waals surface area (Å²) in [6.45, 7) is 4.26. The minimum Gasteiger partial charge on any atom is -0.394 e. The van der Waals surface area contributed by atoms with E-state index in [1.165, 1.54) is 6.42 Å². The smallest absolute Gasteiger partial charge is 0.222 e. The Morgan fingerprint density at radius 1 is 0.405 bits per heavy atom. The first-order valence-electron chi connectivity index (χ1n) is 39.7. The van der Waals surface area contributed by atoms with Crippen molar-refractivity contribution in [2.45, 2.75) is 238 Å². The number of hydrogen-bond donors (Lipinski definition) is 18. The molecule has 16 unspecified atom stereocenters. The number of aliphatic hydroxyl groups excluding tert-OH is 10. The molecule has 3 heterocycles. The number of aliphatic hydroxyl groups is 10. The van der Waals surface area contributed by atoms with Crippen molar-refractivity contribution in [2.24, 2.45) is 17.2 Å². The lowest BCUT2D eigenvalue weighted by molar-refractivity contribution is -0.267. The van der Waals surface area contributed by atoms with Crippen LogP contribution in [0.3, 0.4) is 0 Å². The first kappa shape index (κ1) is 100.0. The number of nitrogens with one attached hydrogen (secondary N) is 5. The maximum Gasteiger partial charge on any atom is 0.222 e. The SMILES string of the molecule is CCCOC1(OCCNC(=O)CCCCCCCCCCC(=O)NC(COCCC(=O)NCCOCCOCCOC2OC(CO)C(O)C(O)C2N)(COCCC(=O)NCCOCCOCCOC2OC(CO)C(O)C(O)C2N)COCCC(O)NCCOCCOCCOC2OC(CO)C(O)C(O)C2N)CCCCC1. The monoisotopic (exact) mass is 1610 g/mol. The van der Waals surface area contributed by atoms with Crippen LogP contribution in [0.25, 0.3) is 0 Å². The summed E-state index contributed by atoms with van der Waals surface area (Å²) in [4.78, 5) is 52.6. The van der Waals surface area contributed by atoms with Crippen molar-refractivity contribution in [2.75, 3.05) is 198 Å². The summed E-state index contributed by atoms with van der Waals surface area (Å²) in [6, 6.07) is -3.10. The molecule has 0 spiro atoms. The molecule has 1 aliphatic carbocycles. The van der Waals surface area contributed by atoms with Gasteiger partial charge in [-0.25, -0.2) is 0 Å². The van der Waals surface area contributed by atoms with E-state index < -0.39 is 129 Å². The van der Waals surface area contributed by atoms with E-state index in [1.54, 1.807) is 0 Å². The number of unbranched alkanes of at least 4 members (excludes halogenated alkanes) is 7. The molecule has 21 N–H and O–H groups in total. The molecule has 0 aromatic heterocycles. The zero-order chi connectivity index (χ0) is 80.8. The quantitative estimate of drug-likeness (QED) is 0.0200. The third-order valence-corrected chi connectivity index (χ3v) is 18.7. The summed E-state index contributed by atoms with van der Waals surface area (Å²) in [5.41, 5.74) is 16.4. The highest BCUT2D eigenvalue weighted by Crippen LogP contribution is 2.33. The van der Waals surface area contributed by atoms with Crippen LogP contribution in [0.2, 0.25) is 0 Å². The Kier molecular flexibility index (Phi) is 55.0. The number of carbonyl (C=O) groups is 4. The van der Waals surface area contributed by atoms with E-state index in [2.05, 4.69) is 33.5 Å². The fraction of sp³-hybridized carbons (Fsp3) is 0.944. The lowest BCUT2D eigenvalue weighted by atomic mass is 9.94. The van der Waals surface area contributed by atoms with Crippen LogP contribution in [-0.2, 0) is 99.7 Å². The summed E-state index contributed by atoms with van der Waals surface area (Å²) in [5, 5.41) is 114. The Morgan fingerprint density at radius 3 is 1.15 bits per heavy atom. The Bertz CT molecular complexity index is 2280. The van der Waals surface area contributed by atoms with Gasteiger partial charge in [-0.1, -0.05) is 51.9 Å². The lowest BCUT2D eigenvalue weighted by Gasteiger charge is -2.40. The highest BCUT2D eigenvalue weighted by molar-refractivity contribution is 5.77. The normalized spacial score (nSPS) is 26.3. The second-order valence-corrected chi connectivity index (χ2v) is 27.9. The van der Waals surface area contributed by atoms with Gasteiger partial charge in [-0.15, -0.1) is 0 Å². The van der Waals surface area contributed by atoms with Crippen molar-refractivity contribution in [3.05, 3.63) is 0 Å². The second-order valence-electron chi connectivity index (χ2n) is 27.9. The summed E-state index contributed by atoms with van der Waals surface area (Å²) in [7, 11) is 0. The topological polar surface area (TPSA) is 566 Å². The molecular weight excluding hydrogens is 1470 g/mol. The van der Waals surface area contributed by atoms with E-state index in [9.17, 15) is 70.2 Å². The number of amides is 4. The first-order chi connectivity index (χ1) is 53.7. The largest absolute Gasteiger partial charge is 0.394 e. The molecule has 0 aromatic carbocycles. The molecule has 111 heavy (non-hydrogen) atoms. The molecule has 39 nitrogen and oxygen atoms in total. The van der Waals surface area contributed by atoms with Gasteiger partial charge in [-0.05, 0) is 32.1 Å². The molecule has 4 fully saturated rings. The number of hydrogen-bond acceptors (Lipinski definition) is 35. The van der Waals surface area contributed by atoms with Crippen molar-refractivity contribution < 1.29 is 151 Å². The molecule has 1 saturated carbocycles. The van der Waals surface area contributed by atoms with Gasteiger partial charge in [-0.2, -0.15) is 0 Å².